The Labute approximate surface area is 171 Å². The Morgan fingerprint density at radius 2 is 2.06 bits per heavy atom. The SMILES string of the molecule is COC[C@@H](NC(=O)c1cc(=O)[nH]c(-c2ccco2)n1)c1ccc(OC(F)(F)F)c(F)c1. The molecule has 2 N–H and O–H groups in total. The van der Waals surface area contributed by atoms with Crippen molar-refractivity contribution >= 4 is 5.91 Å². The van der Waals surface area contributed by atoms with Gasteiger partial charge in [-0.25, -0.2) is 9.37 Å². The molecule has 1 amide bonds. The van der Waals surface area contributed by atoms with Gasteiger partial charge >= 0.3 is 6.36 Å². The molecule has 31 heavy (non-hydrogen) atoms. The first kappa shape index (κ1) is 22.0. The van der Waals surface area contributed by atoms with Gasteiger partial charge in [0.1, 0.15) is 5.69 Å². The Morgan fingerprint density at radius 1 is 1.29 bits per heavy atom. The van der Waals surface area contributed by atoms with Gasteiger partial charge in [0.05, 0.1) is 18.9 Å². The Kier molecular flexibility index (Phi) is 6.39. The smallest absolute Gasteiger partial charge is 0.461 e. The van der Waals surface area contributed by atoms with Crippen LogP contribution in [0.1, 0.15) is 22.1 Å². The minimum atomic E-state index is -5.06. The van der Waals surface area contributed by atoms with Crippen LogP contribution in [0.5, 0.6) is 5.75 Å². The number of methoxy groups -OCH3 is 1. The third-order valence-electron chi connectivity index (χ3n) is 3.95. The molecule has 1 aromatic carbocycles. The van der Waals surface area contributed by atoms with E-state index in [-0.39, 0.29) is 29.4 Å². The Balaban J connectivity index is 1.84. The fraction of sp³-hybridized carbons (Fsp3) is 0.211. The lowest BCUT2D eigenvalue weighted by atomic mass is 10.1. The minimum absolute atomic E-state index is 0.0191. The number of benzene rings is 1. The van der Waals surface area contributed by atoms with Gasteiger partial charge in [-0.15, -0.1) is 13.2 Å². The van der Waals surface area contributed by atoms with E-state index in [0.29, 0.717) is 0 Å². The van der Waals surface area contributed by atoms with Gasteiger partial charge in [0, 0.05) is 13.2 Å². The van der Waals surface area contributed by atoms with Crippen LogP contribution in [0.4, 0.5) is 17.6 Å². The topological polar surface area (TPSA) is 106 Å². The lowest BCUT2D eigenvalue weighted by Crippen LogP contribution is -2.33. The lowest BCUT2D eigenvalue weighted by molar-refractivity contribution is -0.275. The van der Waals surface area contributed by atoms with Crippen molar-refractivity contribution in [1.29, 1.82) is 0 Å². The van der Waals surface area contributed by atoms with Gasteiger partial charge in [0.25, 0.3) is 11.5 Å². The van der Waals surface area contributed by atoms with E-state index in [1.54, 1.807) is 6.07 Å². The molecule has 2 aromatic heterocycles. The second kappa shape index (κ2) is 9.00. The number of nitrogens with zero attached hydrogens (tertiary/aromatic N) is 1. The normalized spacial score (nSPS) is 12.4. The van der Waals surface area contributed by atoms with Crippen molar-refractivity contribution in [3.63, 3.8) is 0 Å². The average Bonchev–Trinajstić information content (AvgIpc) is 3.22. The van der Waals surface area contributed by atoms with Crippen LogP contribution < -0.4 is 15.6 Å². The van der Waals surface area contributed by atoms with E-state index >= 15 is 0 Å². The molecule has 2 heterocycles. The van der Waals surface area contributed by atoms with Crippen molar-refractivity contribution in [2.45, 2.75) is 12.4 Å². The van der Waals surface area contributed by atoms with Crippen molar-refractivity contribution in [2.75, 3.05) is 13.7 Å². The number of aromatic amines is 1. The zero-order valence-electron chi connectivity index (χ0n) is 15.8. The number of halogens is 4. The van der Waals surface area contributed by atoms with Crippen LogP contribution in [0, 0.1) is 5.82 Å². The maximum absolute atomic E-state index is 14.1. The van der Waals surface area contributed by atoms with Crippen molar-refractivity contribution in [3.8, 4) is 17.3 Å². The molecule has 3 aromatic rings. The summed E-state index contributed by atoms with van der Waals surface area (Å²) in [6.07, 6.45) is -3.70. The van der Waals surface area contributed by atoms with E-state index in [1.807, 2.05) is 0 Å². The van der Waals surface area contributed by atoms with Gasteiger partial charge in [-0.05, 0) is 29.8 Å². The molecule has 0 bridgehead atoms. The van der Waals surface area contributed by atoms with Gasteiger partial charge in [-0.1, -0.05) is 6.07 Å². The average molecular weight is 441 g/mol. The van der Waals surface area contributed by atoms with Crippen LogP contribution in [0.15, 0.2) is 51.9 Å². The summed E-state index contributed by atoms with van der Waals surface area (Å²) in [4.78, 5) is 31.0. The van der Waals surface area contributed by atoms with E-state index in [4.69, 9.17) is 9.15 Å². The van der Waals surface area contributed by atoms with E-state index in [0.717, 1.165) is 24.3 Å². The summed E-state index contributed by atoms with van der Waals surface area (Å²) < 4.78 is 64.7. The monoisotopic (exact) mass is 441 g/mol. The Morgan fingerprint density at radius 3 is 2.68 bits per heavy atom. The zero-order valence-corrected chi connectivity index (χ0v) is 15.8. The summed E-state index contributed by atoms with van der Waals surface area (Å²) >= 11 is 0. The quantitative estimate of drug-likeness (QED) is 0.546. The van der Waals surface area contributed by atoms with Crippen LogP contribution in [-0.2, 0) is 4.74 Å². The molecule has 0 aliphatic heterocycles. The summed E-state index contributed by atoms with van der Waals surface area (Å²) in [6.45, 7) is -0.140. The Bertz CT molecular complexity index is 1110. The second-order valence-corrected chi connectivity index (χ2v) is 6.18. The first-order valence-electron chi connectivity index (χ1n) is 8.66. The molecule has 1 atom stereocenters. The number of nitrogens with one attached hydrogen (secondary N) is 2. The number of hydrogen-bond donors (Lipinski definition) is 2. The van der Waals surface area contributed by atoms with E-state index in [2.05, 4.69) is 20.0 Å². The molecule has 0 aliphatic carbocycles. The molecule has 0 saturated carbocycles. The highest BCUT2D eigenvalue weighted by Crippen LogP contribution is 2.28. The number of carbonyl (C=O) groups is 1. The Hall–Kier alpha value is -3.67. The fourth-order valence-corrected chi connectivity index (χ4v) is 2.67. The number of carbonyl (C=O) groups excluding carboxylic acids is 1. The molecular weight excluding hydrogens is 426 g/mol. The maximum Gasteiger partial charge on any atom is 0.573 e. The van der Waals surface area contributed by atoms with Gasteiger partial charge in [0.2, 0.25) is 0 Å². The van der Waals surface area contributed by atoms with Gasteiger partial charge < -0.3 is 24.2 Å². The molecule has 3 rings (SSSR count). The third kappa shape index (κ3) is 5.69. The summed E-state index contributed by atoms with van der Waals surface area (Å²) in [6, 6.07) is 5.80. The van der Waals surface area contributed by atoms with Crippen molar-refractivity contribution in [2.24, 2.45) is 0 Å². The molecule has 0 aliphatic rings. The highest BCUT2D eigenvalue weighted by Gasteiger charge is 2.32. The summed E-state index contributed by atoms with van der Waals surface area (Å²) in [5, 5.41) is 2.51. The maximum atomic E-state index is 14.1. The van der Waals surface area contributed by atoms with Crippen LogP contribution in [0.3, 0.4) is 0 Å². The number of ether oxygens (including phenoxy) is 2. The number of hydrogen-bond acceptors (Lipinski definition) is 6. The number of H-pyrrole nitrogens is 1. The molecule has 0 radical (unpaired) electrons. The zero-order chi connectivity index (χ0) is 22.6. The number of alkyl halides is 3. The summed E-state index contributed by atoms with van der Waals surface area (Å²) in [7, 11) is 1.32. The number of furan rings is 1. The van der Waals surface area contributed by atoms with E-state index < -0.39 is 35.4 Å². The standard InChI is InChI=1S/C19H15F4N3O5/c1-29-9-13(10-4-5-14(11(20)7-10)31-19(21,22)23)25-18(28)12-8-16(27)26-17(24-12)15-3-2-6-30-15/h2-8,13H,9H2,1H3,(H,25,28)(H,24,26,27)/t13-/m1/s1. The fourth-order valence-electron chi connectivity index (χ4n) is 2.67. The molecule has 12 heteroatoms. The molecular formula is C19H15F4N3O5. The van der Waals surface area contributed by atoms with Gasteiger partial charge in [-0.2, -0.15) is 0 Å². The van der Waals surface area contributed by atoms with E-state index in [9.17, 15) is 27.2 Å². The molecule has 0 spiro atoms. The minimum Gasteiger partial charge on any atom is -0.461 e. The van der Waals surface area contributed by atoms with Crippen LogP contribution in [-0.4, -0.2) is 36.0 Å². The molecule has 0 unspecified atom stereocenters. The second-order valence-electron chi connectivity index (χ2n) is 6.18. The number of amides is 1. The predicted octanol–water partition coefficient (Wildman–Crippen LogP) is 3.19. The number of rotatable bonds is 7. The van der Waals surface area contributed by atoms with Crippen molar-refractivity contribution in [1.82, 2.24) is 15.3 Å². The highest BCUT2D eigenvalue weighted by molar-refractivity contribution is 5.92. The molecule has 0 saturated heterocycles. The van der Waals surface area contributed by atoms with Crippen molar-refractivity contribution < 1.29 is 36.2 Å². The molecule has 164 valence electrons. The summed E-state index contributed by atoms with van der Waals surface area (Å²) in [5.41, 5.74) is -0.762. The third-order valence-corrected chi connectivity index (χ3v) is 3.95. The van der Waals surface area contributed by atoms with E-state index in [1.165, 1.54) is 19.4 Å². The summed E-state index contributed by atoms with van der Waals surface area (Å²) in [5.74, 6) is -2.84. The first-order chi connectivity index (χ1) is 14.7. The van der Waals surface area contributed by atoms with Crippen LogP contribution >= 0.6 is 0 Å². The van der Waals surface area contributed by atoms with Crippen molar-refractivity contribution in [3.05, 3.63) is 70.1 Å². The van der Waals surface area contributed by atoms with Crippen LogP contribution in [0.2, 0.25) is 0 Å². The highest BCUT2D eigenvalue weighted by atomic mass is 19.4. The number of aromatic nitrogens is 2. The molecule has 8 nitrogen and oxygen atoms in total. The first-order valence-corrected chi connectivity index (χ1v) is 8.66. The molecule has 0 fully saturated rings. The lowest BCUT2D eigenvalue weighted by Gasteiger charge is -2.19. The predicted molar refractivity (Wildman–Crippen MR) is 97.7 cm³/mol. The largest absolute Gasteiger partial charge is 0.573 e. The van der Waals surface area contributed by atoms with Crippen LogP contribution in [0.25, 0.3) is 11.6 Å². The van der Waals surface area contributed by atoms with Gasteiger partial charge in [0.15, 0.2) is 23.2 Å². The van der Waals surface area contributed by atoms with Gasteiger partial charge in [-0.3, -0.25) is 9.59 Å².